The molecule has 1 saturated carbocycles. The Hall–Kier alpha value is -0.200. The van der Waals surface area contributed by atoms with Crippen molar-refractivity contribution in [2.24, 2.45) is 23.7 Å². The second-order valence-corrected chi connectivity index (χ2v) is 7.39. The smallest absolute Gasteiger partial charge is 0.201 e. The minimum Gasteiger partial charge on any atom is -0.355 e. The minimum atomic E-state index is -2.50. The highest BCUT2D eigenvalue weighted by molar-refractivity contribution is 5.08. The van der Waals surface area contributed by atoms with Gasteiger partial charge in [0.25, 0.3) is 0 Å². The van der Waals surface area contributed by atoms with Crippen molar-refractivity contribution in [3.8, 4) is 0 Å². The molecule has 5 heteroatoms. The van der Waals surface area contributed by atoms with Gasteiger partial charge in [-0.25, -0.2) is 9.78 Å². The van der Waals surface area contributed by atoms with Crippen LogP contribution in [0.15, 0.2) is 0 Å². The molecule has 1 aliphatic carbocycles. The van der Waals surface area contributed by atoms with Gasteiger partial charge < -0.3 is 14.2 Å². The van der Waals surface area contributed by atoms with Crippen LogP contribution in [-0.4, -0.2) is 31.0 Å². The van der Waals surface area contributed by atoms with Crippen LogP contribution in [0.3, 0.4) is 0 Å². The zero-order chi connectivity index (χ0) is 17.3. The maximum absolute atomic E-state index is 7.42. The Balaban J connectivity index is 1.72. The molecule has 5 aliphatic rings. The molecule has 0 unspecified atom stereocenters. The van der Waals surface area contributed by atoms with Crippen molar-refractivity contribution >= 4 is 0 Å². The summed E-state index contributed by atoms with van der Waals surface area (Å²) < 4.78 is 39.6. The fourth-order valence-corrected chi connectivity index (χ4v) is 5.01. The highest BCUT2D eigenvalue weighted by Gasteiger charge is 2.69. The van der Waals surface area contributed by atoms with Crippen LogP contribution in [-0.2, 0) is 24.0 Å². The Labute approximate surface area is 130 Å². The van der Waals surface area contributed by atoms with Crippen LogP contribution in [0.5, 0.6) is 0 Å². The molecule has 0 aromatic rings. The van der Waals surface area contributed by atoms with Gasteiger partial charge in [-0.1, -0.05) is 13.8 Å². The predicted molar refractivity (Wildman–Crippen MR) is 73.8 cm³/mol. The zero-order valence-electron chi connectivity index (χ0n) is 15.8. The van der Waals surface area contributed by atoms with Gasteiger partial charge in [0.05, 0.1) is 4.11 Å². The lowest BCUT2D eigenvalue weighted by Gasteiger charge is -2.60. The molecule has 0 radical (unpaired) electrons. The molecular formula is C16H26O5. The lowest BCUT2D eigenvalue weighted by molar-refractivity contribution is -0.577. The number of hydrogen-bond acceptors (Lipinski definition) is 5. The topological polar surface area (TPSA) is 46.2 Å². The molecule has 21 heavy (non-hydrogen) atoms. The number of methoxy groups -OCH3 is 1. The van der Waals surface area contributed by atoms with Crippen molar-refractivity contribution in [3.63, 3.8) is 0 Å². The van der Waals surface area contributed by atoms with E-state index in [1.54, 1.807) is 0 Å². The first-order valence-electron chi connectivity index (χ1n) is 9.52. The SMILES string of the molecule is [2H]C([2H])([2H])O[C@H]1O[C@@H]2O[C@@]3(C)CC[C@H]4[C@H](C)CC[C@@H]([C@H]1C)[C@@]24OO3. The van der Waals surface area contributed by atoms with Gasteiger partial charge in [0.2, 0.25) is 5.79 Å². The molecule has 0 aromatic carbocycles. The lowest BCUT2D eigenvalue weighted by Crippen LogP contribution is -2.70. The Morgan fingerprint density at radius 1 is 1.14 bits per heavy atom. The van der Waals surface area contributed by atoms with Gasteiger partial charge in [-0.15, -0.1) is 0 Å². The van der Waals surface area contributed by atoms with Crippen LogP contribution in [0.2, 0.25) is 0 Å². The standard InChI is InChI=1S/C16H26O5/c1-9-5-6-12-10(2)13(17-4)18-14-16(12)11(9)7-8-15(3,19-14)20-21-16/h9-14H,5-8H2,1-4H3/t9-,10-,11+,12+,13+,14-,15-,16-/m1/s1/i4D3. The van der Waals surface area contributed by atoms with E-state index in [9.17, 15) is 0 Å². The molecule has 5 fully saturated rings. The van der Waals surface area contributed by atoms with E-state index in [0.29, 0.717) is 5.92 Å². The van der Waals surface area contributed by atoms with Gasteiger partial charge in [0, 0.05) is 25.3 Å². The first-order valence-corrected chi connectivity index (χ1v) is 8.02. The van der Waals surface area contributed by atoms with Crippen LogP contribution in [0.1, 0.15) is 50.6 Å². The highest BCUT2D eigenvalue weighted by atomic mass is 17.3. The van der Waals surface area contributed by atoms with Crippen molar-refractivity contribution in [3.05, 3.63) is 0 Å². The molecule has 4 heterocycles. The van der Waals surface area contributed by atoms with Crippen LogP contribution in [0.25, 0.3) is 0 Å². The average molecular weight is 301 g/mol. The van der Waals surface area contributed by atoms with Gasteiger partial charge >= 0.3 is 0 Å². The third-order valence-electron chi connectivity index (χ3n) is 6.21. The van der Waals surface area contributed by atoms with E-state index in [1.165, 1.54) is 0 Å². The Bertz CT molecular complexity index is 514. The molecule has 5 rings (SSSR count). The van der Waals surface area contributed by atoms with Crippen molar-refractivity contribution in [2.45, 2.75) is 70.4 Å². The number of hydrogen-bond donors (Lipinski definition) is 0. The summed E-state index contributed by atoms with van der Waals surface area (Å²) in [5.41, 5.74) is -0.679. The van der Waals surface area contributed by atoms with E-state index < -0.39 is 31.0 Å². The first kappa shape index (κ1) is 11.4. The van der Waals surface area contributed by atoms with E-state index >= 15 is 0 Å². The monoisotopic (exact) mass is 301 g/mol. The van der Waals surface area contributed by atoms with E-state index in [1.807, 2.05) is 13.8 Å². The summed E-state index contributed by atoms with van der Waals surface area (Å²) in [6.07, 6.45) is 2.18. The summed E-state index contributed by atoms with van der Waals surface area (Å²) in [4.78, 5) is 11.7. The summed E-state index contributed by atoms with van der Waals surface area (Å²) >= 11 is 0. The molecule has 5 nitrogen and oxygen atoms in total. The van der Waals surface area contributed by atoms with Gasteiger partial charge in [-0.2, -0.15) is 0 Å². The highest BCUT2D eigenvalue weighted by Crippen LogP contribution is 2.60. The number of rotatable bonds is 1. The zero-order valence-corrected chi connectivity index (χ0v) is 12.8. The van der Waals surface area contributed by atoms with Crippen molar-refractivity contribution in [2.75, 3.05) is 7.04 Å². The van der Waals surface area contributed by atoms with Crippen molar-refractivity contribution in [1.29, 1.82) is 0 Å². The van der Waals surface area contributed by atoms with Crippen LogP contribution < -0.4 is 0 Å². The summed E-state index contributed by atoms with van der Waals surface area (Å²) in [5, 5.41) is 0. The van der Waals surface area contributed by atoms with Crippen LogP contribution >= 0.6 is 0 Å². The van der Waals surface area contributed by atoms with Crippen molar-refractivity contribution in [1.82, 2.24) is 0 Å². The van der Waals surface area contributed by atoms with Gasteiger partial charge in [0.1, 0.15) is 0 Å². The third-order valence-corrected chi connectivity index (χ3v) is 6.21. The van der Waals surface area contributed by atoms with Gasteiger partial charge in [-0.05, 0) is 38.0 Å². The van der Waals surface area contributed by atoms with Crippen LogP contribution in [0.4, 0.5) is 0 Å². The molecule has 2 bridgehead atoms. The quantitative estimate of drug-likeness (QED) is 0.697. The average Bonchev–Trinajstić information content (AvgIpc) is 2.69. The molecule has 0 aromatic heterocycles. The lowest BCUT2D eigenvalue weighted by atomic mass is 9.58. The molecule has 120 valence electrons. The van der Waals surface area contributed by atoms with E-state index in [4.69, 9.17) is 28.1 Å². The van der Waals surface area contributed by atoms with Crippen LogP contribution in [0, 0.1) is 23.7 Å². The maximum atomic E-state index is 7.42. The fourth-order valence-electron chi connectivity index (χ4n) is 5.01. The summed E-state index contributed by atoms with van der Waals surface area (Å²) in [7, 11) is -2.50. The maximum Gasteiger partial charge on any atom is 0.201 e. The largest absolute Gasteiger partial charge is 0.355 e. The van der Waals surface area contributed by atoms with E-state index in [0.717, 1.165) is 25.7 Å². The van der Waals surface area contributed by atoms with E-state index in [2.05, 4.69) is 6.92 Å². The van der Waals surface area contributed by atoms with E-state index in [-0.39, 0.29) is 17.8 Å². The molecule has 4 aliphatic heterocycles. The first-order chi connectivity index (χ1) is 11.1. The molecule has 0 amide bonds. The van der Waals surface area contributed by atoms with Crippen molar-refractivity contribution < 1.29 is 28.1 Å². The Kier molecular flexibility index (Phi) is 2.51. The summed E-state index contributed by atoms with van der Waals surface area (Å²) in [5.74, 6) is -0.157. The predicted octanol–water partition coefficient (Wildman–Crippen LogP) is 2.84. The molecular weight excluding hydrogens is 272 g/mol. The molecule has 4 saturated heterocycles. The van der Waals surface area contributed by atoms with Gasteiger partial charge in [0.15, 0.2) is 18.2 Å². The molecule has 8 atom stereocenters. The normalized spacial score (nSPS) is 62.1. The molecule has 1 spiro atoms. The minimum absolute atomic E-state index is 0.0763. The second kappa shape index (κ2) is 4.65. The summed E-state index contributed by atoms with van der Waals surface area (Å²) in [6.45, 7) is 6.06. The summed E-state index contributed by atoms with van der Waals surface area (Å²) in [6, 6.07) is 0. The number of fused-ring (bicyclic) bond motifs is 2. The Morgan fingerprint density at radius 2 is 2.00 bits per heavy atom. The Morgan fingerprint density at radius 3 is 2.81 bits per heavy atom. The van der Waals surface area contributed by atoms with Gasteiger partial charge in [-0.3, -0.25) is 0 Å². The second-order valence-electron chi connectivity index (χ2n) is 7.39. The fraction of sp³-hybridized carbons (Fsp3) is 1.00. The molecule has 0 N–H and O–H groups in total. The number of ether oxygens (including phenoxy) is 3. The third kappa shape index (κ3) is 1.81.